The van der Waals surface area contributed by atoms with Gasteiger partial charge in [-0.05, 0) is 55.3 Å². The highest BCUT2D eigenvalue weighted by molar-refractivity contribution is 5.52. The molecule has 0 saturated heterocycles. The fourth-order valence-corrected chi connectivity index (χ4v) is 2.76. The van der Waals surface area contributed by atoms with Gasteiger partial charge in [-0.2, -0.15) is 0 Å². The van der Waals surface area contributed by atoms with E-state index in [1.807, 2.05) is 60.7 Å². The maximum absolute atomic E-state index is 5.70. The number of hydrogen-bond donors (Lipinski definition) is 0. The number of benzene rings is 3. The molecule has 1 atom stereocenters. The smallest absolute Gasteiger partial charge is 0.144 e. The van der Waals surface area contributed by atoms with E-state index >= 15 is 0 Å². The molecule has 3 aromatic carbocycles. The summed E-state index contributed by atoms with van der Waals surface area (Å²) in [6.07, 6.45) is -0.329. The maximum Gasteiger partial charge on any atom is 0.144 e. The van der Waals surface area contributed by atoms with Crippen LogP contribution in [0.25, 0.3) is 0 Å². The summed E-state index contributed by atoms with van der Waals surface area (Å²) in [5.41, 5.74) is 6.34. The molecule has 0 spiro atoms. The highest BCUT2D eigenvalue weighted by Gasteiger charge is 2.13. The van der Waals surface area contributed by atoms with Crippen LogP contribution in [0.15, 0.2) is 72.8 Å². The third-order valence-corrected chi connectivity index (χ3v) is 4.42. The summed E-state index contributed by atoms with van der Waals surface area (Å²) in [4.78, 5) is 0. The summed E-state index contributed by atoms with van der Waals surface area (Å²) >= 11 is 0. The molecular weight excluding hydrogens is 328 g/mol. The average Bonchev–Trinajstić information content (AvgIpc) is 2.71. The standard InChI is InChI=1S/C26H22O/c1-20-18-24(16-14-22-10-6-4-7-11-22)25(19-21(20)2)26(27-3)17-15-23-12-8-5-9-13-23/h4-13,18-19,26H,1-3H3. The molecule has 0 N–H and O–H groups in total. The molecule has 0 aliphatic rings. The van der Waals surface area contributed by atoms with Crippen LogP contribution in [0.1, 0.15) is 39.5 Å². The first-order valence-corrected chi connectivity index (χ1v) is 8.95. The number of rotatable bonds is 2. The zero-order chi connectivity index (χ0) is 19.1. The van der Waals surface area contributed by atoms with E-state index < -0.39 is 0 Å². The van der Waals surface area contributed by atoms with E-state index in [2.05, 4.69) is 49.7 Å². The molecule has 0 aliphatic carbocycles. The Labute approximate surface area is 162 Å². The van der Waals surface area contributed by atoms with Crippen LogP contribution in [0.3, 0.4) is 0 Å². The maximum atomic E-state index is 5.70. The minimum Gasteiger partial charge on any atom is -0.364 e. The molecule has 1 nitrogen and oxygen atoms in total. The van der Waals surface area contributed by atoms with Gasteiger partial charge in [-0.3, -0.25) is 0 Å². The van der Waals surface area contributed by atoms with Crippen molar-refractivity contribution in [1.29, 1.82) is 0 Å². The first-order valence-electron chi connectivity index (χ1n) is 8.95. The predicted molar refractivity (Wildman–Crippen MR) is 111 cm³/mol. The first kappa shape index (κ1) is 18.5. The average molecular weight is 350 g/mol. The van der Waals surface area contributed by atoms with Gasteiger partial charge in [0.1, 0.15) is 6.10 Å². The van der Waals surface area contributed by atoms with Crippen LogP contribution in [-0.2, 0) is 4.74 Å². The van der Waals surface area contributed by atoms with Gasteiger partial charge in [0.25, 0.3) is 0 Å². The van der Waals surface area contributed by atoms with Crippen molar-refractivity contribution in [2.45, 2.75) is 20.0 Å². The van der Waals surface area contributed by atoms with Crippen LogP contribution < -0.4 is 0 Å². The molecule has 0 saturated carbocycles. The SMILES string of the molecule is COC(C#Cc1ccccc1)c1cc(C)c(C)cc1C#Cc1ccccc1. The molecule has 0 fully saturated rings. The minimum absolute atomic E-state index is 0.329. The van der Waals surface area contributed by atoms with Gasteiger partial charge < -0.3 is 4.74 Å². The topological polar surface area (TPSA) is 9.23 Å². The van der Waals surface area contributed by atoms with Crippen LogP contribution in [0.5, 0.6) is 0 Å². The molecule has 0 radical (unpaired) electrons. The van der Waals surface area contributed by atoms with Crippen LogP contribution in [0, 0.1) is 37.5 Å². The summed E-state index contributed by atoms with van der Waals surface area (Å²) in [6.45, 7) is 4.20. The van der Waals surface area contributed by atoms with E-state index in [0.717, 1.165) is 22.3 Å². The van der Waals surface area contributed by atoms with Gasteiger partial charge in [-0.1, -0.05) is 66.1 Å². The Morgan fingerprint density at radius 2 is 1.26 bits per heavy atom. The van der Waals surface area contributed by atoms with Crippen molar-refractivity contribution >= 4 is 0 Å². The normalized spacial score (nSPS) is 10.9. The van der Waals surface area contributed by atoms with Crippen LogP contribution in [0.2, 0.25) is 0 Å². The van der Waals surface area contributed by atoms with Gasteiger partial charge in [-0.25, -0.2) is 0 Å². The lowest BCUT2D eigenvalue weighted by atomic mass is 9.96. The Morgan fingerprint density at radius 3 is 1.85 bits per heavy atom. The van der Waals surface area contributed by atoms with E-state index in [-0.39, 0.29) is 6.10 Å². The lowest BCUT2D eigenvalue weighted by molar-refractivity contribution is 0.150. The Hall–Kier alpha value is -3.26. The lowest BCUT2D eigenvalue weighted by Crippen LogP contribution is -2.03. The van der Waals surface area contributed by atoms with Crippen LogP contribution >= 0.6 is 0 Å². The molecule has 27 heavy (non-hydrogen) atoms. The van der Waals surface area contributed by atoms with E-state index in [1.54, 1.807) is 7.11 Å². The Kier molecular flexibility index (Phi) is 6.11. The second-order valence-corrected chi connectivity index (χ2v) is 6.39. The van der Waals surface area contributed by atoms with Gasteiger partial charge in [0.05, 0.1) is 0 Å². The van der Waals surface area contributed by atoms with Gasteiger partial charge in [-0.15, -0.1) is 0 Å². The third-order valence-electron chi connectivity index (χ3n) is 4.42. The van der Waals surface area contributed by atoms with Crippen molar-refractivity contribution in [2.75, 3.05) is 7.11 Å². The predicted octanol–water partition coefficient (Wildman–Crippen LogP) is 5.44. The summed E-state index contributed by atoms with van der Waals surface area (Å²) in [5, 5.41) is 0. The summed E-state index contributed by atoms with van der Waals surface area (Å²) in [6, 6.07) is 24.2. The molecule has 0 aromatic heterocycles. The molecule has 0 bridgehead atoms. The van der Waals surface area contributed by atoms with Crippen LogP contribution in [0.4, 0.5) is 0 Å². The van der Waals surface area contributed by atoms with Crippen molar-refractivity contribution in [2.24, 2.45) is 0 Å². The largest absolute Gasteiger partial charge is 0.364 e. The van der Waals surface area contributed by atoms with E-state index in [1.165, 1.54) is 11.1 Å². The number of ether oxygens (including phenoxy) is 1. The Morgan fingerprint density at radius 1 is 0.704 bits per heavy atom. The summed E-state index contributed by atoms with van der Waals surface area (Å²) in [7, 11) is 1.69. The summed E-state index contributed by atoms with van der Waals surface area (Å²) < 4.78 is 5.70. The third kappa shape index (κ3) is 4.89. The van der Waals surface area contributed by atoms with Gasteiger partial charge >= 0.3 is 0 Å². The molecule has 0 heterocycles. The highest BCUT2D eigenvalue weighted by atomic mass is 16.5. The molecule has 1 unspecified atom stereocenters. The van der Waals surface area contributed by atoms with Crippen molar-refractivity contribution in [3.63, 3.8) is 0 Å². The van der Waals surface area contributed by atoms with E-state index in [0.29, 0.717) is 0 Å². The fourth-order valence-electron chi connectivity index (χ4n) is 2.76. The number of hydrogen-bond acceptors (Lipinski definition) is 1. The van der Waals surface area contributed by atoms with Gasteiger partial charge in [0.15, 0.2) is 0 Å². The highest BCUT2D eigenvalue weighted by Crippen LogP contribution is 2.24. The van der Waals surface area contributed by atoms with Crippen LogP contribution in [-0.4, -0.2) is 7.11 Å². The zero-order valence-electron chi connectivity index (χ0n) is 15.9. The molecule has 1 heteroatoms. The van der Waals surface area contributed by atoms with E-state index in [9.17, 15) is 0 Å². The minimum atomic E-state index is -0.329. The van der Waals surface area contributed by atoms with Crippen molar-refractivity contribution in [1.82, 2.24) is 0 Å². The molecule has 3 rings (SSSR count). The fraction of sp³-hybridized carbons (Fsp3) is 0.154. The number of methoxy groups -OCH3 is 1. The Balaban J connectivity index is 2.02. The van der Waals surface area contributed by atoms with Crippen molar-refractivity contribution in [3.8, 4) is 23.7 Å². The van der Waals surface area contributed by atoms with Gasteiger partial charge in [0, 0.05) is 29.4 Å². The first-order chi connectivity index (χ1) is 13.2. The van der Waals surface area contributed by atoms with Crippen molar-refractivity contribution < 1.29 is 4.74 Å². The van der Waals surface area contributed by atoms with E-state index in [4.69, 9.17) is 4.74 Å². The monoisotopic (exact) mass is 350 g/mol. The molecule has 0 aliphatic heterocycles. The quantitative estimate of drug-likeness (QED) is 0.559. The molecule has 3 aromatic rings. The number of aryl methyl sites for hydroxylation is 2. The molecular formula is C26H22O. The molecule has 0 amide bonds. The van der Waals surface area contributed by atoms with Crippen molar-refractivity contribution in [3.05, 3.63) is 106 Å². The lowest BCUT2D eigenvalue weighted by Gasteiger charge is -2.14. The second-order valence-electron chi connectivity index (χ2n) is 6.39. The Bertz CT molecular complexity index is 1030. The second kappa shape index (κ2) is 8.91. The zero-order valence-corrected chi connectivity index (χ0v) is 15.9. The summed E-state index contributed by atoms with van der Waals surface area (Å²) in [5.74, 6) is 13.0. The molecule has 132 valence electrons. The van der Waals surface area contributed by atoms with Gasteiger partial charge in [0.2, 0.25) is 0 Å².